The quantitative estimate of drug-likeness (QED) is 0.371. The second-order valence-corrected chi connectivity index (χ2v) is 8.69. The van der Waals surface area contributed by atoms with Crippen LogP contribution in [0.3, 0.4) is 0 Å². The van der Waals surface area contributed by atoms with Crippen molar-refractivity contribution < 1.29 is 19.1 Å². The summed E-state index contributed by atoms with van der Waals surface area (Å²) in [5, 5.41) is 0.820. The Kier molecular flexibility index (Phi) is 4.75. The number of rotatable bonds is 4. The summed E-state index contributed by atoms with van der Waals surface area (Å²) >= 11 is 0. The monoisotopic (exact) mass is 448 g/mol. The maximum absolute atomic E-state index is 13.5. The molecule has 9 nitrogen and oxygen atoms in total. The zero-order valence-electron chi connectivity index (χ0n) is 18.7. The highest BCUT2D eigenvalue weighted by atomic mass is 16.6. The third-order valence-corrected chi connectivity index (χ3v) is 6.29. The van der Waals surface area contributed by atoms with Gasteiger partial charge in [-0.3, -0.25) is 14.5 Å². The number of carbonyl (C=O) groups excluding carboxylic acids is 2. The minimum atomic E-state index is -1.68. The van der Waals surface area contributed by atoms with E-state index in [1.807, 2.05) is 24.3 Å². The van der Waals surface area contributed by atoms with Crippen LogP contribution in [0.25, 0.3) is 22.3 Å². The van der Waals surface area contributed by atoms with Crippen LogP contribution >= 0.6 is 0 Å². The topological polar surface area (TPSA) is 117 Å². The molecule has 0 aliphatic carbocycles. The largest absolute Gasteiger partial charge is 0.457 e. The molecule has 0 radical (unpaired) electrons. The summed E-state index contributed by atoms with van der Waals surface area (Å²) in [5.41, 5.74) is 8.25. The third-order valence-electron chi connectivity index (χ3n) is 6.29. The average Bonchev–Trinajstić information content (AvgIpc) is 3.12. The van der Waals surface area contributed by atoms with Crippen molar-refractivity contribution in [3.63, 3.8) is 0 Å². The van der Waals surface area contributed by atoms with Crippen molar-refractivity contribution in [1.29, 1.82) is 0 Å². The molecule has 5 rings (SSSR count). The highest BCUT2D eigenvalue weighted by molar-refractivity contribution is 5.93. The van der Waals surface area contributed by atoms with Gasteiger partial charge in [-0.2, -0.15) is 0 Å². The molecule has 0 saturated heterocycles. The van der Waals surface area contributed by atoms with E-state index in [4.69, 9.17) is 20.2 Å². The molecule has 0 unspecified atom stereocenters. The molecule has 0 amide bonds. The lowest BCUT2D eigenvalue weighted by Gasteiger charge is -2.35. The lowest BCUT2D eigenvalue weighted by atomic mass is 9.85. The van der Waals surface area contributed by atoms with Gasteiger partial charge in [0, 0.05) is 22.2 Å². The number of hydrogen-bond donors (Lipinski definition) is 1. The molecule has 3 aromatic rings. The average molecular weight is 448 g/mol. The van der Waals surface area contributed by atoms with E-state index in [-0.39, 0.29) is 25.1 Å². The second kappa shape index (κ2) is 7.41. The highest BCUT2D eigenvalue weighted by Crippen LogP contribution is 2.41. The molecular weight excluding hydrogens is 424 g/mol. The Labute approximate surface area is 189 Å². The van der Waals surface area contributed by atoms with Gasteiger partial charge < -0.3 is 19.8 Å². The van der Waals surface area contributed by atoms with E-state index in [0.717, 1.165) is 10.9 Å². The maximum atomic E-state index is 13.5. The van der Waals surface area contributed by atoms with E-state index >= 15 is 0 Å². The van der Waals surface area contributed by atoms with E-state index in [1.54, 1.807) is 36.6 Å². The Hall–Kier alpha value is -3.72. The number of fused-ring (bicyclic) bond motifs is 5. The van der Waals surface area contributed by atoms with Gasteiger partial charge >= 0.3 is 11.9 Å². The van der Waals surface area contributed by atoms with E-state index in [2.05, 4.69) is 0 Å². The molecule has 4 heterocycles. The number of pyridine rings is 2. The number of nitrogen functional groups attached to an aromatic ring is 1. The number of anilines is 1. The minimum Gasteiger partial charge on any atom is -0.457 e. The van der Waals surface area contributed by atoms with Gasteiger partial charge in [0.15, 0.2) is 0 Å². The van der Waals surface area contributed by atoms with Gasteiger partial charge in [0.1, 0.15) is 6.61 Å². The number of nitrogens with two attached hydrogens (primary N) is 1. The molecule has 2 aliphatic heterocycles. The lowest BCUT2D eigenvalue weighted by molar-refractivity contribution is -0.189. The summed E-state index contributed by atoms with van der Waals surface area (Å²) in [5.74, 6) is -1.25. The molecule has 2 N–H and O–H groups in total. The van der Waals surface area contributed by atoms with Gasteiger partial charge in [-0.1, -0.05) is 13.0 Å². The standard InChI is InChI=1S/C24H24N4O5/c1-4-24(33-20(29)11-27(2)3)16-9-19-21-13(8-14-17(25)6-5-7-18(14)26-21)10-28(19)22(30)15(16)12-32-23(24)31/h5-9H,4,10-12,25H2,1-3H3/t24-/m1/s1. The summed E-state index contributed by atoms with van der Waals surface area (Å²) in [7, 11) is 3.46. The zero-order chi connectivity index (χ0) is 23.5. The molecule has 2 aliphatic rings. The van der Waals surface area contributed by atoms with Gasteiger partial charge in [-0.25, -0.2) is 9.78 Å². The summed E-state index contributed by atoms with van der Waals surface area (Å²) < 4.78 is 12.7. The molecule has 0 saturated carbocycles. The number of ether oxygens (including phenoxy) is 2. The second-order valence-electron chi connectivity index (χ2n) is 8.69. The normalized spacial score (nSPS) is 18.6. The first kappa shape index (κ1) is 21.1. The smallest absolute Gasteiger partial charge is 0.355 e. The Morgan fingerprint density at radius 1 is 1.30 bits per heavy atom. The van der Waals surface area contributed by atoms with Gasteiger partial charge in [-0.05, 0) is 44.8 Å². The Balaban J connectivity index is 1.71. The van der Waals surface area contributed by atoms with Crippen LogP contribution in [0.4, 0.5) is 5.69 Å². The molecule has 0 spiro atoms. The van der Waals surface area contributed by atoms with Crippen molar-refractivity contribution >= 4 is 28.5 Å². The number of likely N-dealkylation sites (N-methyl/N-ethyl adjacent to an activating group) is 1. The van der Waals surface area contributed by atoms with Gasteiger partial charge in [0.25, 0.3) is 5.56 Å². The number of hydrogen-bond acceptors (Lipinski definition) is 8. The van der Waals surface area contributed by atoms with Crippen LogP contribution in [0.2, 0.25) is 0 Å². The van der Waals surface area contributed by atoms with E-state index < -0.39 is 17.5 Å². The Morgan fingerprint density at radius 3 is 2.82 bits per heavy atom. The maximum Gasteiger partial charge on any atom is 0.355 e. The molecule has 0 fully saturated rings. The van der Waals surface area contributed by atoms with Crippen LogP contribution in [0.5, 0.6) is 0 Å². The van der Waals surface area contributed by atoms with Crippen molar-refractivity contribution in [3.8, 4) is 11.4 Å². The number of cyclic esters (lactones) is 1. The van der Waals surface area contributed by atoms with Crippen LogP contribution in [0.1, 0.15) is 30.0 Å². The third kappa shape index (κ3) is 3.11. The zero-order valence-corrected chi connectivity index (χ0v) is 18.7. The first-order valence-electron chi connectivity index (χ1n) is 10.7. The molecule has 33 heavy (non-hydrogen) atoms. The number of benzene rings is 1. The Bertz CT molecular complexity index is 1390. The number of esters is 2. The number of carbonyl (C=O) groups is 2. The van der Waals surface area contributed by atoms with Crippen LogP contribution in [-0.4, -0.2) is 47.0 Å². The molecule has 0 bridgehead atoms. The van der Waals surface area contributed by atoms with E-state index in [1.165, 1.54) is 0 Å². The fourth-order valence-electron chi connectivity index (χ4n) is 4.67. The lowest BCUT2D eigenvalue weighted by Crippen LogP contribution is -2.48. The fourth-order valence-corrected chi connectivity index (χ4v) is 4.67. The van der Waals surface area contributed by atoms with Gasteiger partial charge in [0.05, 0.1) is 35.6 Å². The van der Waals surface area contributed by atoms with E-state index in [9.17, 15) is 14.4 Å². The van der Waals surface area contributed by atoms with Crippen molar-refractivity contribution in [1.82, 2.24) is 14.5 Å². The van der Waals surface area contributed by atoms with Crippen LogP contribution in [0.15, 0.2) is 35.1 Å². The summed E-state index contributed by atoms with van der Waals surface area (Å²) in [6.45, 7) is 1.89. The van der Waals surface area contributed by atoms with Crippen molar-refractivity contribution in [2.45, 2.75) is 32.1 Å². The first-order chi connectivity index (χ1) is 15.7. The SMILES string of the molecule is CC[C@]1(OC(=O)CN(C)C)C(=O)OCc2c1cc1n(c2=O)Cc2cc3c(N)cccc3nc2-1. The van der Waals surface area contributed by atoms with Crippen molar-refractivity contribution in [3.05, 3.63) is 57.4 Å². The minimum absolute atomic E-state index is 0.00785. The number of nitrogens with zero attached hydrogens (tertiary/aromatic N) is 3. The molecular formula is C24H24N4O5. The predicted molar refractivity (Wildman–Crippen MR) is 121 cm³/mol. The predicted octanol–water partition coefficient (Wildman–Crippen LogP) is 1.77. The highest BCUT2D eigenvalue weighted by Gasteiger charge is 2.50. The fraction of sp³-hybridized carbons (Fsp3) is 0.333. The van der Waals surface area contributed by atoms with Crippen molar-refractivity contribution in [2.75, 3.05) is 26.4 Å². The molecule has 170 valence electrons. The first-order valence-corrected chi connectivity index (χ1v) is 10.7. The molecule has 9 heteroatoms. The molecule has 1 atom stereocenters. The summed E-state index contributed by atoms with van der Waals surface area (Å²) in [6, 6.07) is 9.20. The summed E-state index contributed by atoms with van der Waals surface area (Å²) in [6.07, 6.45) is 0.134. The molecule has 1 aromatic carbocycles. The van der Waals surface area contributed by atoms with Crippen molar-refractivity contribution in [2.24, 2.45) is 0 Å². The van der Waals surface area contributed by atoms with Gasteiger partial charge in [0.2, 0.25) is 5.60 Å². The van der Waals surface area contributed by atoms with Crippen LogP contribution < -0.4 is 11.3 Å². The number of aromatic nitrogens is 2. The van der Waals surface area contributed by atoms with Crippen LogP contribution in [0, 0.1) is 0 Å². The van der Waals surface area contributed by atoms with Gasteiger partial charge in [-0.15, -0.1) is 0 Å². The van der Waals surface area contributed by atoms with Crippen LogP contribution in [-0.2, 0) is 37.8 Å². The van der Waals surface area contributed by atoms with E-state index in [0.29, 0.717) is 40.3 Å². The summed E-state index contributed by atoms with van der Waals surface area (Å²) in [4.78, 5) is 45.4. The molecule has 2 aromatic heterocycles. The Morgan fingerprint density at radius 2 is 2.09 bits per heavy atom.